The Balaban J connectivity index is 2.65. The second-order valence-corrected chi connectivity index (χ2v) is 4.98. The molecule has 1 rings (SSSR count). The van der Waals surface area contributed by atoms with Crippen LogP contribution in [0.25, 0.3) is 0 Å². The van der Waals surface area contributed by atoms with E-state index in [0.29, 0.717) is 24.2 Å². The normalized spacial score (nSPS) is 42.5. The van der Waals surface area contributed by atoms with Gasteiger partial charge in [0.2, 0.25) is 5.91 Å². The van der Waals surface area contributed by atoms with E-state index in [-0.39, 0.29) is 5.91 Å². The predicted octanol–water partition coefficient (Wildman–Crippen LogP) is 2.30. The van der Waals surface area contributed by atoms with E-state index in [0.717, 1.165) is 11.8 Å². The van der Waals surface area contributed by atoms with Gasteiger partial charge in [0, 0.05) is 13.5 Å². The Bertz CT molecular complexity index is 200. The molecule has 82 valence electrons. The van der Waals surface area contributed by atoms with Crippen LogP contribution in [-0.2, 0) is 4.79 Å². The molecule has 2 heteroatoms. The van der Waals surface area contributed by atoms with Gasteiger partial charge in [-0.3, -0.25) is 4.79 Å². The number of hydrogen-bond donors (Lipinski definition) is 1. The minimum Gasteiger partial charge on any atom is -0.359 e. The van der Waals surface area contributed by atoms with Gasteiger partial charge in [-0.2, -0.15) is 0 Å². The lowest BCUT2D eigenvalue weighted by Gasteiger charge is -2.20. The molecule has 0 radical (unpaired) electrons. The van der Waals surface area contributed by atoms with Gasteiger partial charge >= 0.3 is 0 Å². The summed E-state index contributed by atoms with van der Waals surface area (Å²) in [6, 6.07) is 0. The molecule has 0 aromatic heterocycles. The molecular formula is C12H23NO. The highest BCUT2D eigenvalue weighted by Gasteiger charge is 2.41. The zero-order valence-electron chi connectivity index (χ0n) is 10.0. The third-order valence-corrected chi connectivity index (χ3v) is 4.54. The molecule has 1 aliphatic rings. The van der Waals surface area contributed by atoms with Gasteiger partial charge in [0.1, 0.15) is 0 Å². The quantitative estimate of drug-likeness (QED) is 0.723. The third-order valence-electron chi connectivity index (χ3n) is 4.54. The SMILES string of the molecule is CNC(=O)CC1C(C)C(C)C(C)C1C. The van der Waals surface area contributed by atoms with Crippen LogP contribution in [0.2, 0.25) is 0 Å². The van der Waals surface area contributed by atoms with E-state index < -0.39 is 0 Å². The average Bonchev–Trinajstić information content (AvgIpc) is 2.35. The van der Waals surface area contributed by atoms with Crippen molar-refractivity contribution in [3.63, 3.8) is 0 Å². The topological polar surface area (TPSA) is 29.1 Å². The fraction of sp³-hybridized carbons (Fsp3) is 0.917. The van der Waals surface area contributed by atoms with E-state index in [4.69, 9.17) is 0 Å². The van der Waals surface area contributed by atoms with Crippen molar-refractivity contribution in [3.05, 3.63) is 0 Å². The van der Waals surface area contributed by atoms with Crippen molar-refractivity contribution in [2.75, 3.05) is 7.05 Å². The minimum atomic E-state index is 0.190. The second-order valence-electron chi connectivity index (χ2n) is 4.98. The van der Waals surface area contributed by atoms with Gasteiger partial charge in [0.15, 0.2) is 0 Å². The number of hydrogen-bond acceptors (Lipinski definition) is 1. The molecule has 0 aromatic rings. The molecule has 1 N–H and O–H groups in total. The van der Waals surface area contributed by atoms with Crippen LogP contribution in [0.1, 0.15) is 34.1 Å². The molecule has 4 unspecified atom stereocenters. The first-order chi connectivity index (χ1) is 6.49. The molecule has 0 aliphatic heterocycles. The Morgan fingerprint density at radius 3 is 1.79 bits per heavy atom. The average molecular weight is 197 g/mol. The van der Waals surface area contributed by atoms with Gasteiger partial charge in [0.25, 0.3) is 0 Å². The molecule has 1 aliphatic carbocycles. The lowest BCUT2D eigenvalue weighted by molar-refractivity contribution is -0.122. The first-order valence-corrected chi connectivity index (χ1v) is 5.69. The standard InChI is InChI=1S/C12H23NO/c1-7-8(2)10(4)11(9(7)3)6-12(14)13-5/h7-11H,6H2,1-5H3,(H,13,14). The zero-order valence-corrected chi connectivity index (χ0v) is 10.0. The van der Waals surface area contributed by atoms with Crippen LogP contribution in [0.15, 0.2) is 0 Å². The second kappa shape index (κ2) is 4.33. The maximum atomic E-state index is 11.4. The zero-order chi connectivity index (χ0) is 10.9. The fourth-order valence-electron chi connectivity index (χ4n) is 2.90. The molecule has 1 saturated carbocycles. The summed E-state index contributed by atoms with van der Waals surface area (Å²) >= 11 is 0. The lowest BCUT2D eigenvalue weighted by atomic mass is 9.86. The van der Waals surface area contributed by atoms with E-state index in [1.54, 1.807) is 7.05 Å². The summed E-state index contributed by atoms with van der Waals surface area (Å²) < 4.78 is 0. The lowest BCUT2D eigenvalue weighted by Crippen LogP contribution is -2.25. The third kappa shape index (κ3) is 1.94. The fourth-order valence-corrected chi connectivity index (χ4v) is 2.90. The van der Waals surface area contributed by atoms with E-state index >= 15 is 0 Å². The van der Waals surface area contributed by atoms with Crippen molar-refractivity contribution in [2.45, 2.75) is 34.1 Å². The minimum absolute atomic E-state index is 0.190. The summed E-state index contributed by atoms with van der Waals surface area (Å²) in [4.78, 5) is 11.4. The van der Waals surface area contributed by atoms with Crippen molar-refractivity contribution in [1.29, 1.82) is 0 Å². The molecule has 4 atom stereocenters. The van der Waals surface area contributed by atoms with Gasteiger partial charge in [0.05, 0.1) is 0 Å². The Labute approximate surface area is 87.5 Å². The maximum Gasteiger partial charge on any atom is 0.220 e. The van der Waals surface area contributed by atoms with Crippen molar-refractivity contribution >= 4 is 5.91 Å². The first kappa shape index (κ1) is 11.5. The van der Waals surface area contributed by atoms with Crippen LogP contribution in [0.3, 0.4) is 0 Å². The largest absolute Gasteiger partial charge is 0.359 e. The van der Waals surface area contributed by atoms with Crippen LogP contribution < -0.4 is 5.32 Å². The number of carbonyl (C=O) groups excluding carboxylic acids is 1. The Hall–Kier alpha value is -0.530. The molecule has 1 amide bonds. The van der Waals surface area contributed by atoms with Crippen molar-refractivity contribution in [3.8, 4) is 0 Å². The Morgan fingerprint density at radius 2 is 1.43 bits per heavy atom. The summed E-state index contributed by atoms with van der Waals surface area (Å²) in [7, 11) is 1.72. The summed E-state index contributed by atoms with van der Waals surface area (Å²) in [5, 5.41) is 2.72. The Morgan fingerprint density at radius 1 is 1.00 bits per heavy atom. The van der Waals surface area contributed by atoms with Crippen LogP contribution in [0.5, 0.6) is 0 Å². The van der Waals surface area contributed by atoms with Crippen molar-refractivity contribution in [1.82, 2.24) is 5.32 Å². The number of carbonyl (C=O) groups is 1. The van der Waals surface area contributed by atoms with Crippen LogP contribution >= 0.6 is 0 Å². The number of rotatable bonds is 2. The molecule has 14 heavy (non-hydrogen) atoms. The van der Waals surface area contributed by atoms with E-state index in [2.05, 4.69) is 33.0 Å². The monoisotopic (exact) mass is 197 g/mol. The Kier molecular flexibility index (Phi) is 3.57. The molecule has 2 nitrogen and oxygen atoms in total. The van der Waals surface area contributed by atoms with Crippen LogP contribution in [0, 0.1) is 29.6 Å². The molecule has 0 bridgehead atoms. The smallest absolute Gasteiger partial charge is 0.220 e. The maximum absolute atomic E-state index is 11.4. The summed E-state index contributed by atoms with van der Waals surface area (Å²) in [6.07, 6.45) is 0.702. The van der Waals surface area contributed by atoms with E-state index in [1.807, 2.05) is 0 Å². The highest BCUT2D eigenvalue weighted by atomic mass is 16.1. The van der Waals surface area contributed by atoms with Gasteiger partial charge in [-0.25, -0.2) is 0 Å². The van der Waals surface area contributed by atoms with Crippen LogP contribution in [-0.4, -0.2) is 13.0 Å². The van der Waals surface area contributed by atoms with Gasteiger partial charge < -0.3 is 5.32 Å². The molecule has 1 fully saturated rings. The predicted molar refractivity (Wildman–Crippen MR) is 58.8 cm³/mol. The number of amides is 1. The molecule has 0 aromatic carbocycles. The summed E-state index contributed by atoms with van der Waals surface area (Å²) in [6.45, 7) is 9.21. The summed E-state index contributed by atoms with van der Waals surface area (Å²) in [5.41, 5.74) is 0. The molecule has 0 saturated heterocycles. The molecular weight excluding hydrogens is 174 g/mol. The first-order valence-electron chi connectivity index (χ1n) is 5.69. The van der Waals surface area contributed by atoms with Crippen LogP contribution in [0.4, 0.5) is 0 Å². The highest BCUT2D eigenvalue weighted by Crippen LogP contribution is 2.46. The van der Waals surface area contributed by atoms with Gasteiger partial charge in [-0.1, -0.05) is 27.7 Å². The summed E-state index contributed by atoms with van der Waals surface area (Å²) in [5.74, 6) is 3.61. The molecule has 0 heterocycles. The van der Waals surface area contributed by atoms with Gasteiger partial charge in [-0.05, 0) is 29.6 Å². The van der Waals surface area contributed by atoms with Crippen molar-refractivity contribution < 1.29 is 4.79 Å². The highest BCUT2D eigenvalue weighted by molar-refractivity contribution is 5.75. The molecule has 0 spiro atoms. The van der Waals surface area contributed by atoms with E-state index in [1.165, 1.54) is 0 Å². The number of nitrogens with one attached hydrogen (secondary N) is 1. The van der Waals surface area contributed by atoms with Crippen molar-refractivity contribution in [2.24, 2.45) is 29.6 Å². The van der Waals surface area contributed by atoms with Gasteiger partial charge in [-0.15, -0.1) is 0 Å². The van der Waals surface area contributed by atoms with E-state index in [9.17, 15) is 4.79 Å².